The van der Waals surface area contributed by atoms with Crippen molar-refractivity contribution in [2.24, 2.45) is 4.99 Å². The molecule has 102 valence electrons. The normalized spacial score (nSPS) is 30.8. The summed E-state index contributed by atoms with van der Waals surface area (Å²) in [5, 5.41) is 3.56. The van der Waals surface area contributed by atoms with E-state index >= 15 is 0 Å². The summed E-state index contributed by atoms with van der Waals surface area (Å²) >= 11 is 0. The van der Waals surface area contributed by atoms with Crippen LogP contribution in [0.1, 0.15) is 38.5 Å². The highest BCUT2D eigenvalue weighted by atomic mass is 15.3. The minimum absolute atomic E-state index is 0.706. The van der Waals surface area contributed by atoms with E-state index in [1.54, 1.807) is 0 Å². The van der Waals surface area contributed by atoms with Crippen LogP contribution in [0.2, 0.25) is 0 Å². The van der Waals surface area contributed by atoms with Gasteiger partial charge in [0.15, 0.2) is 5.96 Å². The molecule has 1 aliphatic carbocycles. The Morgan fingerprint density at radius 3 is 2.50 bits per heavy atom. The Hall–Kier alpha value is -0.770. The summed E-state index contributed by atoms with van der Waals surface area (Å²) in [4.78, 5) is 9.60. The van der Waals surface area contributed by atoms with Gasteiger partial charge in [-0.05, 0) is 45.2 Å². The Morgan fingerprint density at radius 2 is 1.83 bits per heavy atom. The van der Waals surface area contributed by atoms with E-state index in [9.17, 15) is 0 Å². The minimum Gasteiger partial charge on any atom is -0.354 e. The van der Waals surface area contributed by atoms with Crippen LogP contribution in [0.25, 0.3) is 0 Å². The summed E-state index contributed by atoms with van der Waals surface area (Å²) in [7, 11) is 1.92. The van der Waals surface area contributed by atoms with Crippen LogP contribution in [0.4, 0.5) is 0 Å². The fourth-order valence-electron chi connectivity index (χ4n) is 3.22. The van der Waals surface area contributed by atoms with Gasteiger partial charge < -0.3 is 10.2 Å². The van der Waals surface area contributed by atoms with Crippen LogP contribution in [0.3, 0.4) is 0 Å². The molecular weight excluding hydrogens is 224 g/mol. The van der Waals surface area contributed by atoms with Gasteiger partial charge in [-0.25, -0.2) is 0 Å². The molecule has 3 fully saturated rings. The predicted octanol–water partition coefficient (Wildman–Crippen LogP) is 1.28. The molecule has 2 aliphatic heterocycles. The number of likely N-dealkylation sites (tertiary alicyclic amines) is 2. The van der Waals surface area contributed by atoms with E-state index in [0.29, 0.717) is 6.04 Å². The predicted molar refractivity (Wildman–Crippen MR) is 74.9 cm³/mol. The van der Waals surface area contributed by atoms with Crippen molar-refractivity contribution in [3.05, 3.63) is 0 Å². The number of piperidine rings is 1. The van der Waals surface area contributed by atoms with Crippen molar-refractivity contribution in [2.45, 2.75) is 50.6 Å². The molecule has 1 saturated carbocycles. The molecule has 0 aromatic rings. The first kappa shape index (κ1) is 12.3. The Kier molecular flexibility index (Phi) is 3.73. The molecule has 0 bridgehead atoms. The molecule has 0 aromatic heterocycles. The molecule has 0 radical (unpaired) electrons. The lowest BCUT2D eigenvalue weighted by atomic mass is 10.1. The van der Waals surface area contributed by atoms with Gasteiger partial charge in [-0.2, -0.15) is 0 Å². The largest absolute Gasteiger partial charge is 0.354 e. The molecule has 0 amide bonds. The van der Waals surface area contributed by atoms with Crippen LogP contribution in [0.5, 0.6) is 0 Å². The van der Waals surface area contributed by atoms with E-state index in [-0.39, 0.29) is 0 Å². The summed E-state index contributed by atoms with van der Waals surface area (Å²) < 4.78 is 0. The third-order valence-corrected chi connectivity index (χ3v) is 4.49. The molecule has 1 atom stereocenters. The summed E-state index contributed by atoms with van der Waals surface area (Å²) in [6.45, 7) is 4.97. The van der Waals surface area contributed by atoms with Gasteiger partial charge >= 0.3 is 0 Å². The molecule has 2 heterocycles. The molecule has 18 heavy (non-hydrogen) atoms. The monoisotopic (exact) mass is 250 g/mol. The topological polar surface area (TPSA) is 30.9 Å². The van der Waals surface area contributed by atoms with Gasteiger partial charge in [-0.15, -0.1) is 0 Å². The van der Waals surface area contributed by atoms with E-state index in [1.807, 2.05) is 7.05 Å². The van der Waals surface area contributed by atoms with Crippen molar-refractivity contribution < 1.29 is 0 Å². The average molecular weight is 250 g/mol. The second kappa shape index (κ2) is 5.47. The molecule has 1 unspecified atom stereocenters. The fraction of sp³-hybridized carbons (Fsp3) is 0.929. The second-order valence-electron chi connectivity index (χ2n) is 5.95. The molecule has 3 rings (SSSR count). The standard InChI is InChI=1S/C14H26N4/c1-15-14(16-12-5-6-12)18-10-7-13(11-18)17-8-3-2-4-9-17/h12-13H,2-11H2,1H3,(H,15,16). The first-order chi connectivity index (χ1) is 8.86. The summed E-state index contributed by atoms with van der Waals surface area (Å²) in [5.41, 5.74) is 0. The fourth-order valence-corrected chi connectivity index (χ4v) is 3.22. The van der Waals surface area contributed by atoms with Crippen molar-refractivity contribution in [3.8, 4) is 0 Å². The minimum atomic E-state index is 0.706. The van der Waals surface area contributed by atoms with E-state index in [2.05, 4.69) is 20.1 Å². The maximum absolute atomic E-state index is 4.44. The maximum Gasteiger partial charge on any atom is 0.193 e. The zero-order valence-corrected chi connectivity index (χ0v) is 11.6. The number of aliphatic imine (C=N–C) groups is 1. The van der Waals surface area contributed by atoms with Crippen LogP contribution in [0.15, 0.2) is 4.99 Å². The number of guanidine groups is 1. The van der Waals surface area contributed by atoms with Crippen molar-refractivity contribution in [2.75, 3.05) is 33.2 Å². The highest BCUT2D eigenvalue weighted by molar-refractivity contribution is 5.80. The summed E-state index contributed by atoms with van der Waals surface area (Å²) in [5.74, 6) is 1.14. The van der Waals surface area contributed by atoms with Gasteiger partial charge in [0.1, 0.15) is 0 Å². The molecule has 3 aliphatic rings. The molecule has 1 N–H and O–H groups in total. The lowest BCUT2D eigenvalue weighted by molar-refractivity contribution is 0.168. The molecule has 4 nitrogen and oxygen atoms in total. The third kappa shape index (κ3) is 2.79. The van der Waals surface area contributed by atoms with Gasteiger partial charge in [0.25, 0.3) is 0 Å². The van der Waals surface area contributed by atoms with Crippen molar-refractivity contribution in [1.82, 2.24) is 15.1 Å². The SMILES string of the molecule is CN=C(NC1CC1)N1CCC(N2CCCCC2)C1. The first-order valence-corrected chi connectivity index (χ1v) is 7.59. The zero-order valence-electron chi connectivity index (χ0n) is 11.6. The molecule has 2 saturated heterocycles. The van der Waals surface area contributed by atoms with Crippen molar-refractivity contribution in [1.29, 1.82) is 0 Å². The quantitative estimate of drug-likeness (QED) is 0.592. The molecule has 0 aromatic carbocycles. The van der Waals surface area contributed by atoms with Gasteiger partial charge in [0, 0.05) is 32.2 Å². The van der Waals surface area contributed by atoms with E-state index in [1.165, 1.54) is 64.7 Å². The van der Waals surface area contributed by atoms with Crippen molar-refractivity contribution in [3.63, 3.8) is 0 Å². The third-order valence-electron chi connectivity index (χ3n) is 4.49. The van der Waals surface area contributed by atoms with E-state index < -0.39 is 0 Å². The van der Waals surface area contributed by atoms with Crippen LogP contribution < -0.4 is 5.32 Å². The highest BCUT2D eigenvalue weighted by Crippen LogP contribution is 2.22. The lowest BCUT2D eigenvalue weighted by Crippen LogP contribution is -2.45. The summed E-state index contributed by atoms with van der Waals surface area (Å²) in [6.07, 6.45) is 8.17. The van der Waals surface area contributed by atoms with E-state index in [0.717, 1.165) is 12.0 Å². The Labute approximate surface area is 110 Å². The number of rotatable bonds is 2. The molecular formula is C14H26N4. The van der Waals surface area contributed by atoms with Crippen LogP contribution >= 0.6 is 0 Å². The van der Waals surface area contributed by atoms with Gasteiger partial charge in [-0.1, -0.05) is 6.42 Å². The van der Waals surface area contributed by atoms with Crippen molar-refractivity contribution >= 4 is 5.96 Å². The number of nitrogens with zero attached hydrogens (tertiary/aromatic N) is 3. The Morgan fingerprint density at radius 1 is 1.06 bits per heavy atom. The molecule has 0 spiro atoms. The van der Waals surface area contributed by atoms with Crippen LogP contribution in [0, 0.1) is 0 Å². The number of nitrogens with one attached hydrogen (secondary N) is 1. The number of hydrogen-bond acceptors (Lipinski definition) is 2. The maximum atomic E-state index is 4.44. The van der Waals surface area contributed by atoms with Gasteiger partial charge in [-0.3, -0.25) is 9.89 Å². The average Bonchev–Trinajstić information content (AvgIpc) is 3.11. The zero-order chi connectivity index (χ0) is 12.4. The Balaban J connectivity index is 1.53. The first-order valence-electron chi connectivity index (χ1n) is 7.59. The van der Waals surface area contributed by atoms with Gasteiger partial charge in [0.2, 0.25) is 0 Å². The second-order valence-corrected chi connectivity index (χ2v) is 5.95. The smallest absolute Gasteiger partial charge is 0.193 e. The summed E-state index contributed by atoms with van der Waals surface area (Å²) in [6, 6.07) is 1.47. The van der Waals surface area contributed by atoms with E-state index in [4.69, 9.17) is 0 Å². The van der Waals surface area contributed by atoms with Crippen LogP contribution in [-0.2, 0) is 0 Å². The van der Waals surface area contributed by atoms with Gasteiger partial charge in [0.05, 0.1) is 0 Å². The highest BCUT2D eigenvalue weighted by Gasteiger charge is 2.32. The molecule has 4 heteroatoms. The van der Waals surface area contributed by atoms with Crippen LogP contribution in [-0.4, -0.2) is 61.1 Å². The number of hydrogen-bond donors (Lipinski definition) is 1. The lowest BCUT2D eigenvalue weighted by Gasteiger charge is -2.32. The Bertz CT molecular complexity index is 305.